The number of carbonyl (C=O) groups is 2. The first-order valence-electron chi connectivity index (χ1n) is 9.17. The Hall–Kier alpha value is -1.86. The third kappa shape index (κ3) is 4.35. The fourth-order valence-corrected chi connectivity index (χ4v) is 6.25. The Bertz CT molecular complexity index is 778. The van der Waals surface area contributed by atoms with E-state index < -0.39 is 0 Å². The quantitative estimate of drug-likeness (QED) is 0.843. The first-order valence-corrected chi connectivity index (χ1v) is 11.3. The lowest BCUT2D eigenvalue weighted by atomic mass is 10.0. The number of hydrogen-bond acceptors (Lipinski definition) is 5. The zero-order valence-electron chi connectivity index (χ0n) is 14.9. The molecule has 0 aliphatic carbocycles. The Morgan fingerprint density at radius 2 is 1.74 bits per heavy atom. The molecule has 2 aromatic rings. The first-order chi connectivity index (χ1) is 13.2. The average Bonchev–Trinajstić information content (AvgIpc) is 3.42. The Morgan fingerprint density at radius 3 is 2.37 bits per heavy atom. The summed E-state index contributed by atoms with van der Waals surface area (Å²) in [4.78, 5) is 26.6. The molecule has 0 radical (unpaired) electrons. The molecule has 2 saturated heterocycles. The van der Waals surface area contributed by atoms with Crippen LogP contribution in [0.5, 0.6) is 0 Å². The number of likely N-dealkylation sites (tertiary alicyclic amines) is 1. The van der Waals surface area contributed by atoms with Gasteiger partial charge in [-0.2, -0.15) is 0 Å². The van der Waals surface area contributed by atoms with Crippen LogP contribution in [0.3, 0.4) is 0 Å². The number of nitrogens with zero attached hydrogens (tertiary/aromatic N) is 1. The number of benzene rings is 1. The van der Waals surface area contributed by atoms with Gasteiger partial charge in [0.1, 0.15) is 0 Å². The van der Waals surface area contributed by atoms with E-state index in [-0.39, 0.29) is 17.9 Å². The number of nitrogens with one attached hydrogen (secondary N) is 1. The highest BCUT2D eigenvalue weighted by Gasteiger charge is 2.26. The molecule has 4 rings (SSSR count). The van der Waals surface area contributed by atoms with Gasteiger partial charge < -0.3 is 14.6 Å². The highest BCUT2D eigenvalue weighted by atomic mass is 32.2. The van der Waals surface area contributed by atoms with Crippen LogP contribution in [0.1, 0.15) is 43.9 Å². The van der Waals surface area contributed by atoms with Crippen LogP contribution in [-0.4, -0.2) is 47.4 Å². The summed E-state index contributed by atoms with van der Waals surface area (Å²) in [5.41, 5.74) is 1.98. The lowest BCUT2D eigenvalue weighted by Crippen LogP contribution is -2.46. The van der Waals surface area contributed by atoms with Crippen molar-refractivity contribution in [2.24, 2.45) is 0 Å². The standard InChI is InChI=1S/C20H22N2O3S2/c23-18(14-3-5-15(6-4-14)20-26-12-13-27-20)21-16-7-9-22(10-8-16)19(24)17-2-1-11-25-17/h1-6,11,16,20H,7-10,12-13H2,(H,21,23). The Balaban J connectivity index is 1.28. The maximum Gasteiger partial charge on any atom is 0.289 e. The summed E-state index contributed by atoms with van der Waals surface area (Å²) in [6.07, 6.45) is 3.02. The molecule has 142 valence electrons. The second-order valence-electron chi connectivity index (χ2n) is 6.71. The molecule has 1 N–H and O–H groups in total. The smallest absolute Gasteiger partial charge is 0.289 e. The number of rotatable bonds is 4. The SMILES string of the molecule is O=C(NC1CCN(C(=O)c2ccco2)CC1)c1ccc(C2SCCS2)cc1. The fourth-order valence-electron chi connectivity index (χ4n) is 3.39. The zero-order valence-corrected chi connectivity index (χ0v) is 16.6. The lowest BCUT2D eigenvalue weighted by molar-refractivity contribution is 0.0667. The van der Waals surface area contributed by atoms with Gasteiger partial charge in [0.2, 0.25) is 0 Å². The number of furan rings is 1. The van der Waals surface area contributed by atoms with Gasteiger partial charge in [-0.3, -0.25) is 9.59 Å². The van der Waals surface area contributed by atoms with E-state index in [9.17, 15) is 9.59 Å². The van der Waals surface area contributed by atoms with E-state index in [2.05, 4.69) is 17.4 Å². The lowest BCUT2D eigenvalue weighted by Gasteiger charge is -2.31. The summed E-state index contributed by atoms with van der Waals surface area (Å²) in [6, 6.07) is 11.5. The van der Waals surface area contributed by atoms with Gasteiger partial charge in [0, 0.05) is 36.2 Å². The molecule has 27 heavy (non-hydrogen) atoms. The summed E-state index contributed by atoms with van der Waals surface area (Å²) in [5.74, 6) is 2.64. The Labute approximate surface area is 167 Å². The third-order valence-electron chi connectivity index (χ3n) is 4.92. The second-order valence-corrected chi connectivity index (χ2v) is 9.44. The van der Waals surface area contributed by atoms with Crippen molar-refractivity contribution in [3.63, 3.8) is 0 Å². The summed E-state index contributed by atoms with van der Waals surface area (Å²) < 4.78 is 5.68. The molecule has 2 fully saturated rings. The van der Waals surface area contributed by atoms with Crippen LogP contribution in [0.15, 0.2) is 47.1 Å². The van der Waals surface area contributed by atoms with Crippen molar-refractivity contribution in [3.05, 3.63) is 59.5 Å². The molecule has 2 aliphatic rings. The van der Waals surface area contributed by atoms with E-state index >= 15 is 0 Å². The summed E-state index contributed by atoms with van der Waals surface area (Å²) in [5, 5.41) is 3.11. The van der Waals surface area contributed by atoms with Crippen LogP contribution >= 0.6 is 23.5 Å². The highest BCUT2D eigenvalue weighted by Crippen LogP contribution is 2.45. The molecular formula is C20H22N2O3S2. The van der Waals surface area contributed by atoms with E-state index in [0.717, 1.165) is 12.8 Å². The first kappa shape index (κ1) is 18.5. The molecular weight excluding hydrogens is 380 g/mol. The van der Waals surface area contributed by atoms with Gasteiger partial charge in [-0.25, -0.2) is 0 Å². The van der Waals surface area contributed by atoms with Crippen molar-refractivity contribution < 1.29 is 14.0 Å². The number of thioether (sulfide) groups is 2. The molecule has 0 atom stereocenters. The topological polar surface area (TPSA) is 62.6 Å². The fraction of sp³-hybridized carbons (Fsp3) is 0.400. The normalized spacial score (nSPS) is 18.6. The van der Waals surface area contributed by atoms with Crippen molar-refractivity contribution in [2.45, 2.75) is 23.5 Å². The summed E-state index contributed by atoms with van der Waals surface area (Å²) in [6.45, 7) is 1.25. The molecule has 1 aromatic heterocycles. The summed E-state index contributed by atoms with van der Waals surface area (Å²) in [7, 11) is 0. The number of piperidine rings is 1. The van der Waals surface area contributed by atoms with Crippen LogP contribution in [0.2, 0.25) is 0 Å². The Morgan fingerprint density at radius 1 is 1.04 bits per heavy atom. The van der Waals surface area contributed by atoms with Crippen LogP contribution < -0.4 is 5.32 Å². The van der Waals surface area contributed by atoms with Crippen LogP contribution in [0.25, 0.3) is 0 Å². The minimum Gasteiger partial charge on any atom is -0.459 e. The van der Waals surface area contributed by atoms with Gasteiger partial charge in [0.25, 0.3) is 11.8 Å². The number of amides is 2. The largest absolute Gasteiger partial charge is 0.459 e. The van der Waals surface area contributed by atoms with Crippen molar-refractivity contribution in [1.29, 1.82) is 0 Å². The van der Waals surface area contributed by atoms with Gasteiger partial charge in [0.05, 0.1) is 10.8 Å². The molecule has 5 nitrogen and oxygen atoms in total. The second kappa shape index (κ2) is 8.44. The van der Waals surface area contributed by atoms with E-state index in [1.54, 1.807) is 17.0 Å². The molecule has 1 aromatic carbocycles. The van der Waals surface area contributed by atoms with Crippen LogP contribution in [-0.2, 0) is 0 Å². The zero-order chi connectivity index (χ0) is 18.6. The molecule has 0 unspecified atom stereocenters. The minimum absolute atomic E-state index is 0.0379. The highest BCUT2D eigenvalue weighted by molar-refractivity contribution is 8.19. The summed E-state index contributed by atoms with van der Waals surface area (Å²) >= 11 is 3.93. The third-order valence-corrected chi connectivity index (χ3v) is 8.02. The molecule has 0 spiro atoms. The van der Waals surface area contributed by atoms with E-state index in [4.69, 9.17) is 4.42 Å². The maximum atomic E-state index is 12.5. The predicted molar refractivity (Wildman–Crippen MR) is 109 cm³/mol. The van der Waals surface area contributed by atoms with E-state index in [1.807, 2.05) is 35.7 Å². The van der Waals surface area contributed by atoms with Crippen LogP contribution in [0, 0.1) is 0 Å². The predicted octanol–water partition coefficient (Wildman–Crippen LogP) is 3.79. The van der Waals surface area contributed by atoms with Crippen molar-refractivity contribution in [3.8, 4) is 0 Å². The van der Waals surface area contributed by atoms with Gasteiger partial charge in [-0.15, -0.1) is 23.5 Å². The molecule has 0 bridgehead atoms. The number of hydrogen-bond donors (Lipinski definition) is 1. The molecule has 2 aliphatic heterocycles. The maximum absolute atomic E-state index is 12.5. The molecule has 7 heteroatoms. The number of carbonyl (C=O) groups excluding carboxylic acids is 2. The van der Waals surface area contributed by atoms with E-state index in [1.165, 1.54) is 23.3 Å². The van der Waals surface area contributed by atoms with Gasteiger partial charge in [0.15, 0.2) is 5.76 Å². The molecule has 0 saturated carbocycles. The molecule has 2 amide bonds. The van der Waals surface area contributed by atoms with E-state index in [0.29, 0.717) is 29.0 Å². The molecule has 3 heterocycles. The van der Waals surface area contributed by atoms with Gasteiger partial charge in [-0.05, 0) is 42.7 Å². The minimum atomic E-state index is -0.0805. The monoisotopic (exact) mass is 402 g/mol. The van der Waals surface area contributed by atoms with Gasteiger partial charge >= 0.3 is 0 Å². The van der Waals surface area contributed by atoms with Gasteiger partial charge in [-0.1, -0.05) is 12.1 Å². The van der Waals surface area contributed by atoms with Crippen LogP contribution in [0.4, 0.5) is 0 Å². The van der Waals surface area contributed by atoms with Crippen molar-refractivity contribution in [2.75, 3.05) is 24.6 Å². The van der Waals surface area contributed by atoms with Crippen molar-refractivity contribution >= 4 is 35.3 Å². The van der Waals surface area contributed by atoms with Crippen molar-refractivity contribution in [1.82, 2.24) is 10.2 Å². The Kier molecular flexibility index (Phi) is 5.78. The average molecular weight is 403 g/mol.